The zero-order valence-electron chi connectivity index (χ0n) is 13.9. The lowest BCUT2D eigenvalue weighted by molar-refractivity contribution is -0.127. The number of carbonyl (C=O) groups excluding carboxylic acids is 1. The quantitative estimate of drug-likeness (QED) is 0.849. The zero-order chi connectivity index (χ0) is 17.0. The van der Waals surface area contributed by atoms with Gasteiger partial charge in [-0.25, -0.2) is 0 Å². The number of benzene rings is 1. The minimum Gasteiger partial charge on any atom is -0.348 e. The summed E-state index contributed by atoms with van der Waals surface area (Å²) in [5.74, 6) is 0.0280. The summed E-state index contributed by atoms with van der Waals surface area (Å²) in [7, 11) is 1.98. The van der Waals surface area contributed by atoms with Crippen LogP contribution in [0.4, 0.5) is 0 Å². The monoisotopic (exact) mass is 357 g/mol. The van der Waals surface area contributed by atoms with Crippen molar-refractivity contribution in [1.29, 1.82) is 0 Å². The Morgan fingerprint density at radius 3 is 2.74 bits per heavy atom. The molecule has 1 saturated heterocycles. The highest BCUT2D eigenvalue weighted by Crippen LogP contribution is 2.26. The minimum absolute atomic E-state index is 0.0280. The molecule has 1 fully saturated rings. The van der Waals surface area contributed by atoms with Crippen molar-refractivity contribution in [1.82, 2.24) is 15.5 Å². The molecule has 3 unspecified atom stereocenters. The first kappa shape index (κ1) is 18.5. The molecule has 0 spiro atoms. The Bertz CT molecular complexity index is 553. The van der Waals surface area contributed by atoms with Gasteiger partial charge >= 0.3 is 0 Å². The van der Waals surface area contributed by atoms with Gasteiger partial charge in [0.15, 0.2) is 0 Å². The molecule has 1 amide bonds. The van der Waals surface area contributed by atoms with Gasteiger partial charge in [0, 0.05) is 22.6 Å². The first-order valence-electron chi connectivity index (χ1n) is 8.09. The molecule has 3 atom stereocenters. The highest BCUT2D eigenvalue weighted by atomic mass is 35.5. The fraction of sp³-hybridized carbons (Fsp3) is 0.588. The van der Waals surface area contributed by atoms with Crippen LogP contribution in [0.15, 0.2) is 18.2 Å². The number of likely N-dealkylation sites (tertiary alicyclic amines) is 1. The molecule has 1 heterocycles. The van der Waals surface area contributed by atoms with Crippen LogP contribution in [-0.2, 0) is 4.79 Å². The molecule has 1 aromatic rings. The fourth-order valence-corrected chi connectivity index (χ4v) is 3.60. The third-order valence-corrected chi connectivity index (χ3v) is 5.14. The van der Waals surface area contributed by atoms with Crippen LogP contribution >= 0.6 is 23.2 Å². The lowest BCUT2D eigenvalue weighted by Gasteiger charge is -2.36. The van der Waals surface area contributed by atoms with E-state index in [4.69, 9.17) is 23.2 Å². The van der Waals surface area contributed by atoms with Gasteiger partial charge in [-0.05, 0) is 58.0 Å². The number of piperidine rings is 1. The van der Waals surface area contributed by atoms with Gasteiger partial charge < -0.3 is 10.6 Å². The Morgan fingerprint density at radius 2 is 2.09 bits per heavy atom. The standard InChI is InChI=1S/C17H25Cl2N3O/c1-11(15-7-6-13(18)9-16(15)19)21-17(23)12(2)22-8-4-5-14(10-22)20-3/h6-7,9,11-12,14,20H,4-5,8,10H2,1-3H3,(H,21,23). The summed E-state index contributed by atoms with van der Waals surface area (Å²) in [6.07, 6.45) is 2.28. The number of nitrogens with one attached hydrogen (secondary N) is 2. The van der Waals surface area contributed by atoms with E-state index in [-0.39, 0.29) is 18.0 Å². The summed E-state index contributed by atoms with van der Waals surface area (Å²) < 4.78 is 0. The van der Waals surface area contributed by atoms with E-state index in [0.29, 0.717) is 16.1 Å². The summed E-state index contributed by atoms with van der Waals surface area (Å²) in [6, 6.07) is 5.50. The molecular weight excluding hydrogens is 333 g/mol. The Morgan fingerprint density at radius 1 is 1.35 bits per heavy atom. The molecule has 0 saturated carbocycles. The number of amides is 1. The van der Waals surface area contributed by atoms with E-state index >= 15 is 0 Å². The van der Waals surface area contributed by atoms with Gasteiger partial charge in [-0.2, -0.15) is 0 Å². The summed E-state index contributed by atoms with van der Waals surface area (Å²) in [5, 5.41) is 7.53. The van der Waals surface area contributed by atoms with Crippen LogP contribution in [-0.4, -0.2) is 43.0 Å². The van der Waals surface area contributed by atoms with Crippen molar-refractivity contribution in [2.75, 3.05) is 20.1 Å². The van der Waals surface area contributed by atoms with E-state index < -0.39 is 0 Å². The highest BCUT2D eigenvalue weighted by molar-refractivity contribution is 6.35. The number of hydrogen-bond donors (Lipinski definition) is 2. The lowest BCUT2D eigenvalue weighted by atomic mass is 10.0. The average Bonchev–Trinajstić information content (AvgIpc) is 2.53. The zero-order valence-corrected chi connectivity index (χ0v) is 15.4. The second-order valence-electron chi connectivity index (χ2n) is 6.19. The predicted octanol–water partition coefficient (Wildman–Crippen LogP) is 3.24. The first-order valence-corrected chi connectivity index (χ1v) is 8.84. The molecule has 23 heavy (non-hydrogen) atoms. The molecule has 2 rings (SSSR count). The van der Waals surface area contributed by atoms with Gasteiger partial charge in [0.25, 0.3) is 0 Å². The SMILES string of the molecule is CNC1CCCN(C(C)C(=O)NC(C)c2ccc(Cl)cc2Cl)C1. The number of hydrogen-bond acceptors (Lipinski definition) is 3. The van der Waals surface area contributed by atoms with Gasteiger partial charge in [0.1, 0.15) is 0 Å². The Hall–Kier alpha value is -0.810. The first-order chi connectivity index (χ1) is 10.9. The summed E-state index contributed by atoms with van der Waals surface area (Å²) in [5.41, 5.74) is 0.878. The van der Waals surface area contributed by atoms with Crippen molar-refractivity contribution in [2.45, 2.75) is 44.8 Å². The van der Waals surface area contributed by atoms with Crippen LogP contribution in [0, 0.1) is 0 Å². The molecule has 2 N–H and O–H groups in total. The smallest absolute Gasteiger partial charge is 0.237 e. The second kappa shape index (κ2) is 8.34. The van der Waals surface area contributed by atoms with Gasteiger partial charge in [0.05, 0.1) is 12.1 Å². The van der Waals surface area contributed by atoms with Crippen molar-refractivity contribution in [3.05, 3.63) is 33.8 Å². The van der Waals surface area contributed by atoms with Crippen LogP contribution < -0.4 is 10.6 Å². The van der Waals surface area contributed by atoms with Crippen molar-refractivity contribution < 1.29 is 4.79 Å². The molecule has 0 aliphatic carbocycles. The average molecular weight is 358 g/mol. The molecule has 0 aromatic heterocycles. The van der Waals surface area contributed by atoms with E-state index in [1.165, 1.54) is 0 Å². The maximum atomic E-state index is 12.6. The molecule has 128 valence electrons. The maximum absolute atomic E-state index is 12.6. The van der Waals surface area contributed by atoms with Crippen LogP contribution in [0.1, 0.15) is 38.3 Å². The van der Waals surface area contributed by atoms with Crippen molar-refractivity contribution >= 4 is 29.1 Å². The number of nitrogens with zero attached hydrogens (tertiary/aromatic N) is 1. The molecule has 1 aromatic carbocycles. The van der Waals surface area contributed by atoms with Crippen molar-refractivity contribution in [2.24, 2.45) is 0 Å². The number of carbonyl (C=O) groups is 1. The molecule has 0 radical (unpaired) electrons. The third kappa shape index (κ3) is 4.83. The van der Waals surface area contributed by atoms with Gasteiger partial charge in [-0.15, -0.1) is 0 Å². The Balaban J connectivity index is 1.97. The van der Waals surface area contributed by atoms with E-state index in [0.717, 1.165) is 31.5 Å². The summed E-state index contributed by atoms with van der Waals surface area (Å²) >= 11 is 12.1. The molecular formula is C17H25Cl2N3O. The van der Waals surface area contributed by atoms with Crippen molar-refractivity contribution in [3.8, 4) is 0 Å². The number of rotatable bonds is 5. The normalized spacial score (nSPS) is 21.7. The van der Waals surface area contributed by atoms with Crippen LogP contribution in [0.25, 0.3) is 0 Å². The molecule has 1 aliphatic rings. The van der Waals surface area contributed by atoms with E-state index in [9.17, 15) is 4.79 Å². The second-order valence-corrected chi connectivity index (χ2v) is 7.04. The third-order valence-electron chi connectivity index (χ3n) is 4.58. The largest absolute Gasteiger partial charge is 0.348 e. The maximum Gasteiger partial charge on any atom is 0.237 e. The van der Waals surface area contributed by atoms with E-state index in [1.54, 1.807) is 12.1 Å². The van der Waals surface area contributed by atoms with Gasteiger partial charge in [-0.3, -0.25) is 9.69 Å². The molecule has 1 aliphatic heterocycles. The summed E-state index contributed by atoms with van der Waals surface area (Å²) in [6.45, 7) is 5.76. The van der Waals surface area contributed by atoms with E-state index in [1.807, 2.05) is 27.0 Å². The van der Waals surface area contributed by atoms with Crippen molar-refractivity contribution in [3.63, 3.8) is 0 Å². The number of likely N-dealkylation sites (N-methyl/N-ethyl adjacent to an activating group) is 1. The van der Waals surface area contributed by atoms with Crippen LogP contribution in [0.2, 0.25) is 10.0 Å². The van der Waals surface area contributed by atoms with Crippen LogP contribution in [0.3, 0.4) is 0 Å². The van der Waals surface area contributed by atoms with Crippen LogP contribution in [0.5, 0.6) is 0 Å². The van der Waals surface area contributed by atoms with Gasteiger partial charge in [0.2, 0.25) is 5.91 Å². The lowest BCUT2D eigenvalue weighted by Crippen LogP contribution is -2.52. The Labute approximate surface area is 148 Å². The number of halogens is 2. The van der Waals surface area contributed by atoms with E-state index in [2.05, 4.69) is 15.5 Å². The van der Waals surface area contributed by atoms with Gasteiger partial charge in [-0.1, -0.05) is 29.3 Å². The predicted molar refractivity (Wildman–Crippen MR) is 96.1 cm³/mol. The summed E-state index contributed by atoms with van der Waals surface area (Å²) in [4.78, 5) is 14.8. The molecule has 6 heteroatoms. The fourth-order valence-electron chi connectivity index (χ4n) is 3.02. The topological polar surface area (TPSA) is 44.4 Å². The highest BCUT2D eigenvalue weighted by Gasteiger charge is 2.27. The molecule has 0 bridgehead atoms. The molecule has 4 nitrogen and oxygen atoms in total. The minimum atomic E-state index is -0.153. The Kier molecular flexibility index (Phi) is 6.72.